The van der Waals surface area contributed by atoms with E-state index in [0.29, 0.717) is 35.4 Å². The Morgan fingerprint density at radius 3 is 2.54 bits per heavy atom. The van der Waals surface area contributed by atoms with Crippen LogP contribution in [0.5, 0.6) is 11.5 Å². The summed E-state index contributed by atoms with van der Waals surface area (Å²) in [6.07, 6.45) is 3.18. The highest BCUT2D eigenvalue weighted by Gasteiger charge is 2.05. The molecule has 2 aromatic carbocycles. The molecule has 0 aliphatic heterocycles. The zero-order valence-corrected chi connectivity index (χ0v) is 14.5. The lowest BCUT2D eigenvalue weighted by atomic mass is 10.2. The Labute approximate surface area is 147 Å². The molecule has 0 aromatic heterocycles. The summed E-state index contributed by atoms with van der Waals surface area (Å²) in [6, 6.07) is 12.6. The second-order valence-corrected chi connectivity index (χ2v) is 5.34. The van der Waals surface area contributed by atoms with Crippen LogP contribution >= 0.6 is 11.6 Å². The van der Waals surface area contributed by atoms with E-state index in [-0.39, 0.29) is 5.91 Å². The first-order chi connectivity index (χ1) is 11.6. The predicted molar refractivity (Wildman–Crippen MR) is 97.9 cm³/mol. The summed E-state index contributed by atoms with van der Waals surface area (Å²) in [5.41, 5.74) is 1.50. The van der Waals surface area contributed by atoms with Gasteiger partial charge in [-0.05, 0) is 55.8 Å². The van der Waals surface area contributed by atoms with Crippen LogP contribution in [0.2, 0.25) is 5.02 Å². The zero-order chi connectivity index (χ0) is 17.4. The fourth-order valence-corrected chi connectivity index (χ4v) is 2.28. The molecule has 5 heteroatoms. The Bertz CT molecular complexity index is 728. The quantitative estimate of drug-likeness (QED) is 0.734. The molecule has 0 atom stereocenters. The van der Waals surface area contributed by atoms with E-state index in [0.717, 1.165) is 5.56 Å². The van der Waals surface area contributed by atoms with Crippen LogP contribution in [0.15, 0.2) is 48.5 Å². The number of hydrogen-bond acceptors (Lipinski definition) is 3. The van der Waals surface area contributed by atoms with Crippen LogP contribution in [0.25, 0.3) is 6.08 Å². The second-order valence-electron chi connectivity index (χ2n) is 4.91. The minimum absolute atomic E-state index is 0.232. The van der Waals surface area contributed by atoms with Crippen molar-refractivity contribution in [2.75, 3.05) is 18.5 Å². The molecule has 126 valence electrons. The summed E-state index contributed by atoms with van der Waals surface area (Å²) in [5, 5.41) is 3.33. The molecule has 0 fully saturated rings. The molecule has 2 aromatic rings. The Balaban J connectivity index is 2.07. The van der Waals surface area contributed by atoms with Crippen molar-refractivity contribution in [3.8, 4) is 11.5 Å². The number of ether oxygens (including phenoxy) is 2. The second kappa shape index (κ2) is 8.99. The largest absolute Gasteiger partial charge is 0.490 e. The molecule has 0 unspecified atom stereocenters. The van der Waals surface area contributed by atoms with Gasteiger partial charge < -0.3 is 14.8 Å². The van der Waals surface area contributed by atoms with E-state index < -0.39 is 0 Å². The number of carbonyl (C=O) groups is 1. The molecule has 0 aliphatic rings. The van der Waals surface area contributed by atoms with Crippen molar-refractivity contribution in [1.82, 2.24) is 0 Å². The van der Waals surface area contributed by atoms with E-state index in [9.17, 15) is 4.79 Å². The molecule has 1 amide bonds. The molecule has 0 heterocycles. The molecule has 0 saturated carbocycles. The fraction of sp³-hybridized carbons (Fsp3) is 0.211. The Morgan fingerprint density at radius 1 is 1.08 bits per heavy atom. The normalized spacial score (nSPS) is 10.6. The third-order valence-corrected chi connectivity index (χ3v) is 3.32. The number of carbonyl (C=O) groups excluding carboxylic acids is 1. The molecule has 1 N–H and O–H groups in total. The molecule has 2 rings (SSSR count). The summed E-state index contributed by atoms with van der Waals surface area (Å²) in [5.74, 6) is 1.13. The van der Waals surface area contributed by atoms with Crippen LogP contribution in [-0.2, 0) is 4.79 Å². The van der Waals surface area contributed by atoms with E-state index in [2.05, 4.69) is 5.32 Å². The monoisotopic (exact) mass is 345 g/mol. The van der Waals surface area contributed by atoms with E-state index in [1.54, 1.807) is 30.3 Å². The lowest BCUT2D eigenvalue weighted by Gasteiger charge is -2.11. The molecule has 4 nitrogen and oxygen atoms in total. The Hall–Kier alpha value is -2.46. The SMILES string of the molecule is CCOc1ccc(C=CC(=O)Nc2cccc(Cl)c2)cc1OCC. The molecule has 0 aliphatic carbocycles. The van der Waals surface area contributed by atoms with Gasteiger partial charge in [0.15, 0.2) is 11.5 Å². The number of amides is 1. The average molecular weight is 346 g/mol. The molecule has 0 spiro atoms. The van der Waals surface area contributed by atoms with Crippen LogP contribution in [0.4, 0.5) is 5.69 Å². The fourth-order valence-electron chi connectivity index (χ4n) is 2.09. The highest BCUT2D eigenvalue weighted by atomic mass is 35.5. The Kier molecular flexibility index (Phi) is 6.70. The van der Waals surface area contributed by atoms with Crippen LogP contribution in [0, 0.1) is 0 Å². The van der Waals surface area contributed by atoms with Crippen LogP contribution in [0.3, 0.4) is 0 Å². The smallest absolute Gasteiger partial charge is 0.248 e. The van der Waals surface area contributed by atoms with Crippen LogP contribution < -0.4 is 14.8 Å². The van der Waals surface area contributed by atoms with Gasteiger partial charge in [-0.3, -0.25) is 4.79 Å². The van der Waals surface area contributed by atoms with Gasteiger partial charge in [0.1, 0.15) is 0 Å². The minimum atomic E-state index is -0.232. The van der Waals surface area contributed by atoms with Gasteiger partial charge in [0.05, 0.1) is 13.2 Å². The van der Waals surface area contributed by atoms with Gasteiger partial charge in [-0.1, -0.05) is 23.7 Å². The van der Waals surface area contributed by atoms with Gasteiger partial charge in [0.25, 0.3) is 0 Å². The first-order valence-electron chi connectivity index (χ1n) is 7.76. The van der Waals surface area contributed by atoms with Crippen LogP contribution in [-0.4, -0.2) is 19.1 Å². The molecule has 0 saturated heterocycles. The van der Waals surface area contributed by atoms with Crippen molar-refractivity contribution in [1.29, 1.82) is 0 Å². The van der Waals surface area contributed by atoms with Crippen molar-refractivity contribution in [3.63, 3.8) is 0 Å². The molecule has 0 bridgehead atoms. The van der Waals surface area contributed by atoms with Crippen molar-refractivity contribution in [2.45, 2.75) is 13.8 Å². The number of rotatable bonds is 7. The van der Waals surface area contributed by atoms with Crippen molar-refractivity contribution in [3.05, 3.63) is 59.1 Å². The van der Waals surface area contributed by atoms with Gasteiger partial charge in [-0.15, -0.1) is 0 Å². The summed E-state index contributed by atoms with van der Waals surface area (Å²) in [4.78, 5) is 12.0. The third-order valence-electron chi connectivity index (χ3n) is 3.09. The number of nitrogens with one attached hydrogen (secondary N) is 1. The van der Waals surface area contributed by atoms with Crippen LogP contribution in [0.1, 0.15) is 19.4 Å². The van der Waals surface area contributed by atoms with E-state index in [1.807, 2.05) is 32.0 Å². The van der Waals surface area contributed by atoms with Gasteiger partial charge >= 0.3 is 0 Å². The predicted octanol–water partition coefficient (Wildman–Crippen LogP) is 4.79. The molecular weight excluding hydrogens is 326 g/mol. The van der Waals surface area contributed by atoms with Gasteiger partial charge in [-0.2, -0.15) is 0 Å². The summed E-state index contributed by atoms with van der Waals surface area (Å²) >= 11 is 5.89. The number of anilines is 1. The van der Waals surface area contributed by atoms with Gasteiger partial charge in [-0.25, -0.2) is 0 Å². The lowest BCUT2D eigenvalue weighted by molar-refractivity contribution is -0.111. The third kappa shape index (κ3) is 5.32. The first kappa shape index (κ1) is 17.9. The summed E-state index contributed by atoms with van der Waals surface area (Å²) < 4.78 is 11.1. The summed E-state index contributed by atoms with van der Waals surface area (Å²) in [6.45, 7) is 4.94. The highest BCUT2D eigenvalue weighted by molar-refractivity contribution is 6.30. The minimum Gasteiger partial charge on any atom is -0.490 e. The average Bonchev–Trinajstić information content (AvgIpc) is 2.55. The van der Waals surface area contributed by atoms with E-state index in [4.69, 9.17) is 21.1 Å². The highest BCUT2D eigenvalue weighted by Crippen LogP contribution is 2.29. The first-order valence-corrected chi connectivity index (χ1v) is 8.14. The van der Waals surface area contributed by atoms with Gasteiger partial charge in [0.2, 0.25) is 5.91 Å². The maximum Gasteiger partial charge on any atom is 0.248 e. The van der Waals surface area contributed by atoms with Crippen molar-refractivity contribution >= 4 is 29.3 Å². The van der Waals surface area contributed by atoms with E-state index in [1.165, 1.54) is 6.08 Å². The van der Waals surface area contributed by atoms with E-state index >= 15 is 0 Å². The number of hydrogen-bond donors (Lipinski definition) is 1. The molecule has 0 radical (unpaired) electrons. The maximum absolute atomic E-state index is 12.0. The standard InChI is InChI=1S/C19H20ClNO3/c1-3-23-17-10-8-14(12-18(17)24-4-2)9-11-19(22)21-16-7-5-6-15(20)13-16/h5-13H,3-4H2,1-2H3,(H,21,22). The van der Waals surface area contributed by atoms with Crippen molar-refractivity contribution in [2.24, 2.45) is 0 Å². The number of halogens is 1. The molecular formula is C19H20ClNO3. The Morgan fingerprint density at radius 2 is 1.83 bits per heavy atom. The maximum atomic E-state index is 12.0. The molecule has 24 heavy (non-hydrogen) atoms. The zero-order valence-electron chi connectivity index (χ0n) is 13.7. The topological polar surface area (TPSA) is 47.6 Å². The van der Waals surface area contributed by atoms with Gasteiger partial charge in [0, 0.05) is 16.8 Å². The summed E-state index contributed by atoms with van der Waals surface area (Å²) in [7, 11) is 0. The number of benzene rings is 2. The van der Waals surface area contributed by atoms with Crippen molar-refractivity contribution < 1.29 is 14.3 Å². The lowest BCUT2D eigenvalue weighted by Crippen LogP contribution is -2.07.